The van der Waals surface area contributed by atoms with Crippen LogP contribution < -0.4 is 5.32 Å². The lowest BCUT2D eigenvalue weighted by molar-refractivity contribution is -0.0249. The molecular formula is C29H29NO6. The molecule has 0 radical (unpaired) electrons. The Morgan fingerprint density at radius 2 is 1.44 bits per heavy atom. The number of ether oxygens (including phenoxy) is 4. The number of nitrogens with one attached hydrogen (secondary N) is 1. The standard InChI is InChI=1S/C29H29NO6/c31-28(24-15-8-3-9-16-24)35-26(21-34-20-23-13-6-2-7-14-23)27-25(36-29(32)30-27)17-10-18-33-19-22-11-4-1-5-12-22/h1-17,25-27H,18-21H2,(H,30,32)/b17-10+/t25-,26+,27-/m0/s1. The molecule has 0 saturated carbocycles. The number of alkyl carbamates (subject to hydrolysis) is 1. The van der Waals surface area contributed by atoms with Crippen molar-refractivity contribution in [3.63, 3.8) is 0 Å². The summed E-state index contributed by atoms with van der Waals surface area (Å²) < 4.78 is 22.8. The van der Waals surface area contributed by atoms with E-state index in [1.165, 1.54) is 0 Å². The van der Waals surface area contributed by atoms with Crippen molar-refractivity contribution in [2.75, 3.05) is 13.2 Å². The molecule has 36 heavy (non-hydrogen) atoms. The minimum atomic E-state index is -0.771. The van der Waals surface area contributed by atoms with Gasteiger partial charge in [-0.2, -0.15) is 0 Å². The van der Waals surface area contributed by atoms with Gasteiger partial charge in [-0.1, -0.05) is 84.9 Å². The number of benzene rings is 3. The first-order valence-corrected chi connectivity index (χ1v) is 11.8. The van der Waals surface area contributed by atoms with Gasteiger partial charge in [-0.25, -0.2) is 9.59 Å². The average molecular weight is 488 g/mol. The second-order valence-corrected chi connectivity index (χ2v) is 8.28. The highest BCUT2D eigenvalue weighted by molar-refractivity contribution is 5.89. The summed E-state index contributed by atoms with van der Waals surface area (Å²) in [5.74, 6) is -0.501. The smallest absolute Gasteiger partial charge is 0.408 e. The Morgan fingerprint density at radius 1 is 0.861 bits per heavy atom. The molecule has 1 amide bonds. The minimum Gasteiger partial charge on any atom is -0.454 e. The molecule has 3 aromatic carbocycles. The molecule has 0 aromatic heterocycles. The maximum Gasteiger partial charge on any atom is 0.408 e. The molecule has 1 aliphatic heterocycles. The van der Waals surface area contributed by atoms with E-state index in [2.05, 4.69) is 5.32 Å². The van der Waals surface area contributed by atoms with Crippen molar-refractivity contribution in [1.82, 2.24) is 5.32 Å². The molecule has 7 heteroatoms. The van der Waals surface area contributed by atoms with E-state index in [0.29, 0.717) is 25.4 Å². The van der Waals surface area contributed by atoms with Crippen LogP contribution in [0.1, 0.15) is 21.5 Å². The van der Waals surface area contributed by atoms with Crippen molar-refractivity contribution >= 4 is 12.1 Å². The van der Waals surface area contributed by atoms with Crippen molar-refractivity contribution in [2.45, 2.75) is 31.5 Å². The molecule has 1 saturated heterocycles. The molecule has 7 nitrogen and oxygen atoms in total. The van der Waals surface area contributed by atoms with Gasteiger partial charge in [-0.15, -0.1) is 0 Å². The third-order valence-corrected chi connectivity index (χ3v) is 5.60. The molecule has 1 fully saturated rings. The summed E-state index contributed by atoms with van der Waals surface area (Å²) in [6.45, 7) is 1.24. The van der Waals surface area contributed by atoms with Gasteiger partial charge in [0.25, 0.3) is 0 Å². The number of carbonyl (C=O) groups excluding carboxylic acids is 2. The average Bonchev–Trinajstić information content (AvgIpc) is 3.29. The molecule has 3 atom stereocenters. The van der Waals surface area contributed by atoms with Gasteiger partial charge >= 0.3 is 12.1 Å². The van der Waals surface area contributed by atoms with Crippen LogP contribution in [0.5, 0.6) is 0 Å². The third-order valence-electron chi connectivity index (χ3n) is 5.60. The third kappa shape index (κ3) is 7.53. The van der Waals surface area contributed by atoms with Crippen molar-refractivity contribution in [1.29, 1.82) is 0 Å². The lowest BCUT2D eigenvalue weighted by Crippen LogP contribution is -2.46. The fourth-order valence-electron chi connectivity index (χ4n) is 3.78. The van der Waals surface area contributed by atoms with Gasteiger partial charge in [0, 0.05) is 0 Å². The van der Waals surface area contributed by atoms with Gasteiger partial charge in [0.15, 0.2) is 0 Å². The van der Waals surface area contributed by atoms with Crippen LogP contribution in [0.3, 0.4) is 0 Å². The predicted molar refractivity (Wildman–Crippen MR) is 134 cm³/mol. The largest absolute Gasteiger partial charge is 0.454 e. The number of rotatable bonds is 12. The first-order valence-electron chi connectivity index (χ1n) is 11.8. The van der Waals surface area contributed by atoms with E-state index in [0.717, 1.165) is 11.1 Å². The number of esters is 1. The van der Waals surface area contributed by atoms with E-state index in [1.807, 2.05) is 66.7 Å². The fraction of sp³-hybridized carbons (Fsp3) is 0.241. The molecule has 186 valence electrons. The molecule has 1 aliphatic rings. The highest BCUT2D eigenvalue weighted by atomic mass is 16.6. The van der Waals surface area contributed by atoms with E-state index in [1.54, 1.807) is 36.4 Å². The predicted octanol–water partition coefficient (Wildman–Crippen LogP) is 4.68. The van der Waals surface area contributed by atoms with Gasteiger partial charge in [0.2, 0.25) is 0 Å². The summed E-state index contributed by atoms with van der Waals surface area (Å²) in [4.78, 5) is 24.9. The molecule has 4 rings (SSSR count). The highest BCUT2D eigenvalue weighted by Crippen LogP contribution is 2.19. The summed E-state index contributed by atoms with van der Waals surface area (Å²) in [6.07, 6.45) is 1.54. The number of hydrogen-bond acceptors (Lipinski definition) is 6. The van der Waals surface area contributed by atoms with Crippen LogP contribution in [-0.2, 0) is 32.2 Å². The van der Waals surface area contributed by atoms with Crippen LogP contribution in [0, 0.1) is 0 Å². The van der Waals surface area contributed by atoms with Crippen molar-refractivity contribution in [2.24, 2.45) is 0 Å². The zero-order valence-corrected chi connectivity index (χ0v) is 19.8. The summed E-state index contributed by atoms with van der Waals surface area (Å²) >= 11 is 0. The summed E-state index contributed by atoms with van der Waals surface area (Å²) in [6, 6.07) is 27.6. The van der Waals surface area contributed by atoms with Crippen molar-refractivity contribution < 1.29 is 28.5 Å². The molecular weight excluding hydrogens is 458 g/mol. The number of cyclic esters (lactones) is 1. The Labute approximate surface area is 210 Å². The molecule has 1 N–H and O–H groups in total. The maximum atomic E-state index is 12.8. The van der Waals surface area contributed by atoms with Crippen LogP contribution >= 0.6 is 0 Å². The fourth-order valence-corrected chi connectivity index (χ4v) is 3.78. The molecule has 0 spiro atoms. The first kappa shape index (κ1) is 25.2. The Hall–Kier alpha value is -3.94. The zero-order chi connectivity index (χ0) is 25.0. The van der Waals surface area contributed by atoms with Crippen LogP contribution in [0.4, 0.5) is 4.79 Å². The molecule has 1 heterocycles. The van der Waals surface area contributed by atoms with Gasteiger partial charge in [-0.3, -0.25) is 0 Å². The van der Waals surface area contributed by atoms with Crippen molar-refractivity contribution in [3.8, 4) is 0 Å². The second kappa shape index (κ2) is 13.2. The quantitative estimate of drug-likeness (QED) is 0.227. The zero-order valence-electron chi connectivity index (χ0n) is 19.8. The highest BCUT2D eigenvalue weighted by Gasteiger charge is 2.40. The van der Waals surface area contributed by atoms with Crippen molar-refractivity contribution in [3.05, 3.63) is 120 Å². The monoisotopic (exact) mass is 487 g/mol. The Morgan fingerprint density at radius 3 is 2.08 bits per heavy atom. The number of hydrogen-bond donors (Lipinski definition) is 1. The first-order chi connectivity index (χ1) is 17.7. The van der Waals surface area contributed by atoms with E-state index in [-0.39, 0.29) is 6.61 Å². The lowest BCUT2D eigenvalue weighted by atomic mass is 10.1. The lowest BCUT2D eigenvalue weighted by Gasteiger charge is -2.25. The van der Waals surface area contributed by atoms with Crippen LogP contribution in [0.2, 0.25) is 0 Å². The van der Waals surface area contributed by atoms with Gasteiger partial charge in [0.05, 0.1) is 32.0 Å². The van der Waals surface area contributed by atoms with E-state index in [9.17, 15) is 9.59 Å². The van der Waals surface area contributed by atoms with E-state index >= 15 is 0 Å². The van der Waals surface area contributed by atoms with Crippen LogP contribution in [0.25, 0.3) is 0 Å². The number of carbonyl (C=O) groups is 2. The topological polar surface area (TPSA) is 83.1 Å². The van der Waals surface area contributed by atoms with Crippen LogP contribution in [0.15, 0.2) is 103 Å². The van der Waals surface area contributed by atoms with Gasteiger partial charge in [0.1, 0.15) is 18.2 Å². The Kier molecular flexibility index (Phi) is 9.25. The normalized spacial score (nSPS) is 17.9. The summed E-state index contributed by atoms with van der Waals surface area (Å²) in [7, 11) is 0. The van der Waals surface area contributed by atoms with Crippen LogP contribution in [-0.4, -0.2) is 43.5 Å². The van der Waals surface area contributed by atoms with Gasteiger partial charge in [-0.05, 0) is 29.3 Å². The molecule has 0 aliphatic carbocycles. The SMILES string of the molecule is O=C1N[C@H]([C@@H](COCc2ccccc2)OC(=O)c2ccccc2)[C@H](/C=C/COCc2ccccc2)O1. The van der Waals surface area contributed by atoms with E-state index in [4.69, 9.17) is 18.9 Å². The molecule has 0 bridgehead atoms. The maximum absolute atomic E-state index is 12.8. The summed E-state index contributed by atoms with van der Waals surface area (Å²) in [5.41, 5.74) is 2.47. The molecule has 0 unspecified atom stereocenters. The van der Waals surface area contributed by atoms with Gasteiger partial charge < -0.3 is 24.3 Å². The summed E-state index contributed by atoms with van der Waals surface area (Å²) in [5, 5.41) is 2.77. The number of amides is 1. The Balaban J connectivity index is 1.39. The second-order valence-electron chi connectivity index (χ2n) is 8.28. The molecule has 3 aromatic rings. The van der Waals surface area contributed by atoms with E-state index < -0.39 is 30.3 Å². The Bertz CT molecular complexity index is 1120. The minimum absolute atomic E-state index is 0.0800.